The van der Waals surface area contributed by atoms with Gasteiger partial charge in [0.25, 0.3) is 5.91 Å². The molecule has 0 aromatic heterocycles. The Hall–Kier alpha value is -4.27. The molecule has 58 heavy (non-hydrogen) atoms. The number of carbonyl (C=O) groups excluding carboxylic acids is 2. The first-order chi connectivity index (χ1) is 27.1. The van der Waals surface area contributed by atoms with Crippen LogP contribution in [-0.4, -0.2) is 62.0 Å². The van der Waals surface area contributed by atoms with Crippen molar-refractivity contribution in [3.8, 4) is 5.75 Å². The van der Waals surface area contributed by atoms with E-state index in [1.54, 1.807) is 19.1 Å². The van der Waals surface area contributed by atoms with Gasteiger partial charge in [0.15, 0.2) is 6.29 Å². The number of carbonyl (C=O) groups is 3. The van der Waals surface area contributed by atoms with Crippen LogP contribution < -0.4 is 10.1 Å². The van der Waals surface area contributed by atoms with Gasteiger partial charge in [0.05, 0.1) is 24.7 Å². The molecule has 0 radical (unpaired) electrons. The monoisotopic (exact) mass is 839 g/mol. The van der Waals surface area contributed by atoms with E-state index in [0.717, 1.165) is 68.4 Å². The number of amides is 1. The zero-order valence-corrected chi connectivity index (χ0v) is 35.5. The van der Waals surface area contributed by atoms with Crippen LogP contribution in [0.1, 0.15) is 121 Å². The average molecular weight is 840 g/mol. The van der Waals surface area contributed by atoms with E-state index >= 15 is 0 Å². The Morgan fingerprint density at radius 3 is 2.00 bits per heavy atom. The summed E-state index contributed by atoms with van der Waals surface area (Å²) in [7, 11) is 0. The van der Waals surface area contributed by atoms with E-state index in [1.165, 1.54) is 6.92 Å². The molecule has 1 aliphatic rings. The summed E-state index contributed by atoms with van der Waals surface area (Å²) in [5.41, 5.74) is 0.903. The Balaban J connectivity index is 0. The summed E-state index contributed by atoms with van der Waals surface area (Å²) >= 11 is 0. The molecular formula is C43H61F8NO6. The number of aliphatic carboxylic acids is 1. The molecule has 3 rings (SSSR count). The van der Waals surface area contributed by atoms with Crippen LogP contribution in [-0.2, 0) is 20.7 Å². The summed E-state index contributed by atoms with van der Waals surface area (Å²) in [6, 6.07) is 5.30. The number of allylic oxidation sites excluding steroid dienone is 4. The van der Waals surface area contributed by atoms with Gasteiger partial charge in [-0.25, -0.2) is 8.78 Å². The standard InChI is InChI=1S/C20H23F3O2.C10H9F2NO3.C9H17F3O.2C2H6/c1-12(2)14(4)10-18(20(21,22)23)17(11-24)16-8-7-13(3)15-6-5-9-25-19(15)16;1-5-2-6(11)9(7(12)3-5)10(16)13-4-8(14)15;1-3-4-5-6-13-7-8(2)9(10,11)12;2*1-2/h7-8,10-12H,5-6,9H2,1-4H3;2-3H,4H2,1H3,(H,13,16)(H,14,15);8H,3-7H2,1-2H3;2*1-2H3/b14-10-,18-17-;;;;. The van der Waals surface area contributed by atoms with Crippen LogP contribution in [0.3, 0.4) is 0 Å². The van der Waals surface area contributed by atoms with E-state index in [0.29, 0.717) is 30.1 Å². The number of aryl methyl sites for hydroxylation is 2. The largest absolute Gasteiger partial charge is 0.493 e. The van der Waals surface area contributed by atoms with Crippen molar-refractivity contribution < 1.29 is 64.1 Å². The third kappa shape index (κ3) is 19.9. The van der Waals surface area contributed by atoms with Crippen LogP contribution >= 0.6 is 0 Å². The van der Waals surface area contributed by atoms with Gasteiger partial charge >= 0.3 is 18.3 Å². The zero-order chi connectivity index (χ0) is 45.4. The number of ether oxygens (including phenoxy) is 2. The summed E-state index contributed by atoms with van der Waals surface area (Å²) in [6.45, 7) is 19.8. The number of rotatable bonds is 13. The first kappa shape index (κ1) is 55.8. The van der Waals surface area contributed by atoms with Crippen molar-refractivity contribution in [2.24, 2.45) is 11.8 Å². The minimum atomic E-state index is -4.63. The van der Waals surface area contributed by atoms with Gasteiger partial charge in [0.2, 0.25) is 0 Å². The maximum atomic E-state index is 13.7. The van der Waals surface area contributed by atoms with Gasteiger partial charge in [0, 0.05) is 17.7 Å². The first-order valence-electron chi connectivity index (χ1n) is 19.4. The second-order valence-corrected chi connectivity index (χ2v) is 13.1. The number of halogens is 8. The molecule has 2 aromatic carbocycles. The van der Waals surface area contributed by atoms with E-state index in [2.05, 4.69) is 0 Å². The predicted octanol–water partition coefficient (Wildman–Crippen LogP) is 12.0. The Kier molecular flexibility index (Phi) is 27.1. The molecule has 1 unspecified atom stereocenters. The number of hydrogen-bond donors (Lipinski definition) is 2. The minimum Gasteiger partial charge on any atom is -0.493 e. The van der Waals surface area contributed by atoms with Crippen molar-refractivity contribution in [3.63, 3.8) is 0 Å². The molecule has 0 aliphatic carbocycles. The van der Waals surface area contributed by atoms with Crippen molar-refractivity contribution in [2.45, 2.75) is 121 Å². The molecule has 0 saturated heterocycles. The number of carboxylic acids is 1. The quantitative estimate of drug-likeness (QED) is 0.0685. The number of hydrogen-bond acceptors (Lipinski definition) is 5. The average Bonchev–Trinajstić information content (AvgIpc) is 3.15. The van der Waals surface area contributed by atoms with Crippen molar-refractivity contribution in [2.75, 3.05) is 26.4 Å². The Labute approximate surface area is 338 Å². The molecular weight excluding hydrogens is 778 g/mol. The number of alkyl halides is 6. The Morgan fingerprint density at radius 2 is 1.53 bits per heavy atom. The minimum absolute atomic E-state index is 0.0477. The highest BCUT2D eigenvalue weighted by Crippen LogP contribution is 2.40. The number of carboxylic acid groups (broad SMARTS) is 1. The molecule has 0 spiro atoms. The highest BCUT2D eigenvalue weighted by atomic mass is 19.4. The molecule has 15 heteroatoms. The molecule has 1 amide bonds. The van der Waals surface area contributed by atoms with Gasteiger partial charge < -0.3 is 19.9 Å². The zero-order valence-electron chi connectivity index (χ0n) is 35.5. The van der Waals surface area contributed by atoms with E-state index in [4.69, 9.17) is 14.6 Å². The van der Waals surface area contributed by atoms with Gasteiger partial charge in [-0.2, -0.15) is 26.3 Å². The van der Waals surface area contributed by atoms with Crippen molar-refractivity contribution in [1.82, 2.24) is 5.32 Å². The molecule has 1 heterocycles. The van der Waals surface area contributed by atoms with Crippen molar-refractivity contribution in [1.29, 1.82) is 0 Å². The third-order valence-electron chi connectivity index (χ3n) is 8.23. The number of aldehydes is 1. The lowest BCUT2D eigenvalue weighted by atomic mass is 9.91. The summed E-state index contributed by atoms with van der Waals surface area (Å²) in [5, 5.41) is 10.2. The smallest absolute Gasteiger partial charge is 0.417 e. The van der Waals surface area contributed by atoms with Crippen LogP contribution in [0.4, 0.5) is 35.1 Å². The number of unbranched alkanes of at least 4 members (excludes halogenated alkanes) is 2. The van der Waals surface area contributed by atoms with Crippen molar-refractivity contribution >= 4 is 23.7 Å². The fraction of sp³-hybridized carbons (Fsp3) is 0.558. The lowest BCUT2D eigenvalue weighted by Gasteiger charge is -2.23. The highest BCUT2D eigenvalue weighted by molar-refractivity contribution is 6.10. The summed E-state index contributed by atoms with van der Waals surface area (Å²) < 4.78 is 114. The van der Waals surface area contributed by atoms with Gasteiger partial charge in [-0.3, -0.25) is 14.4 Å². The van der Waals surface area contributed by atoms with Crippen LogP contribution in [0.5, 0.6) is 5.75 Å². The third-order valence-corrected chi connectivity index (χ3v) is 8.23. The van der Waals surface area contributed by atoms with Gasteiger partial charge in [-0.05, 0) is 74.8 Å². The van der Waals surface area contributed by atoms with E-state index in [1.807, 2.05) is 60.7 Å². The molecule has 1 atom stereocenters. The van der Waals surface area contributed by atoms with Crippen LogP contribution in [0, 0.1) is 37.3 Å². The number of fused-ring (bicyclic) bond motifs is 1. The molecule has 0 saturated carbocycles. The summed E-state index contributed by atoms with van der Waals surface area (Å²) in [4.78, 5) is 33.1. The molecule has 7 nitrogen and oxygen atoms in total. The second kappa shape index (κ2) is 28.2. The summed E-state index contributed by atoms with van der Waals surface area (Å²) in [6.07, 6.45) is -2.91. The normalized spacial score (nSPS) is 13.2. The Morgan fingerprint density at radius 1 is 0.966 bits per heavy atom. The SMILES string of the molecule is C/C(=C/C(=C(\C=O)c1ccc(C)c2c1OCCC2)C(F)(F)F)C(C)C.CC.CC.CCCCCOCC(C)C(F)(F)F.Cc1cc(F)c(C(=O)NCC(=O)O)c(F)c1. The van der Waals surface area contributed by atoms with Crippen molar-refractivity contribution in [3.05, 3.63) is 80.9 Å². The number of benzene rings is 2. The van der Waals surface area contributed by atoms with E-state index in [-0.39, 0.29) is 29.9 Å². The first-order valence-corrected chi connectivity index (χ1v) is 19.4. The van der Waals surface area contributed by atoms with Gasteiger partial charge in [0.1, 0.15) is 29.5 Å². The maximum absolute atomic E-state index is 13.7. The molecule has 2 aromatic rings. The van der Waals surface area contributed by atoms with Crippen LogP contribution in [0.2, 0.25) is 0 Å². The molecule has 2 N–H and O–H groups in total. The van der Waals surface area contributed by atoms with Crippen LogP contribution in [0.15, 0.2) is 41.5 Å². The molecule has 0 fully saturated rings. The lowest BCUT2D eigenvalue weighted by Crippen LogP contribution is -2.30. The van der Waals surface area contributed by atoms with Gasteiger partial charge in [-0.1, -0.05) is 92.0 Å². The van der Waals surface area contributed by atoms with Gasteiger partial charge in [-0.15, -0.1) is 0 Å². The topological polar surface area (TPSA) is 102 Å². The van der Waals surface area contributed by atoms with Crippen LogP contribution in [0.25, 0.3) is 5.57 Å². The Bertz CT molecular complexity index is 1610. The molecule has 1 aliphatic heterocycles. The number of nitrogens with one attached hydrogen (secondary N) is 1. The predicted molar refractivity (Wildman–Crippen MR) is 212 cm³/mol. The fourth-order valence-electron chi connectivity index (χ4n) is 4.79. The van der Waals surface area contributed by atoms with E-state index < -0.39 is 59.5 Å². The highest BCUT2D eigenvalue weighted by Gasteiger charge is 2.37. The second-order valence-electron chi connectivity index (χ2n) is 13.1. The fourth-order valence-corrected chi connectivity index (χ4v) is 4.79. The molecule has 0 bridgehead atoms. The maximum Gasteiger partial charge on any atom is 0.417 e. The summed E-state index contributed by atoms with van der Waals surface area (Å²) in [5.74, 6) is -5.40. The molecule has 330 valence electrons. The lowest BCUT2D eigenvalue weighted by molar-refractivity contribution is -0.182. The van der Waals surface area contributed by atoms with E-state index in [9.17, 15) is 49.5 Å².